The van der Waals surface area contributed by atoms with E-state index < -0.39 is 6.10 Å². The maximum atomic E-state index is 10.1. The molecule has 20 heavy (non-hydrogen) atoms. The lowest BCUT2D eigenvalue weighted by Crippen LogP contribution is -2.21. The van der Waals surface area contributed by atoms with Crippen LogP contribution in [0.5, 0.6) is 0 Å². The fourth-order valence-electron chi connectivity index (χ4n) is 1.85. The van der Waals surface area contributed by atoms with Gasteiger partial charge in [-0.15, -0.1) is 0 Å². The number of nitrogens with zero attached hydrogens (tertiary/aromatic N) is 1. The molecule has 4 heteroatoms. The van der Waals surface area contributed by atoms with Crippen LogP contribution in [0.4, 0.5) is 0 Å². The van der Waals surface area contributed by atoms with E-state index >= 15 is 0 Å². The van der Waals surface area contributed by atoms with Gasteiger partial charge in [0, 0.05) is 17.6 Å². The monoisotopic (exact) mass is 330 g/mol. The van der Waals surface area contributed by atoms with E-state index in [4.69, 9.17) is 5.26 Å². The molecule has 0 saturated heterocycles. The summed E-state index contributed by atoms with van der Waals surface area (Å²) >= 11 is 3.40. The third kappa shape index (κ3) is 4.17. The van der Waals surface area contributed by atoms with E-state index in [2.05, 4.69) is 27.3 Å². The average Bonchev–Trinajstić information content (AvgIpc) is 2.49. The Bertz CT molecular complexity index is 587. The zero-order valence-corrected chi connectivity index (χ0v) is 12.5. The molecular formula is C16H15BrN2O. The van der Waals surface area contributed by atoms with Crippen LogP contribution in [0.15, 0.2) is 53.0 Å². The Kier molecular flexibility index (Phi) is 5.31. The molecular weight excluding hydrogens is 316 g/mol. The Balaban J connectivity index is 1.84. The van der Waals surface area contributed by atoms with Crippen molar-refractivity contribution in [3.63, 3.8) is 0 Å². The van der Waals surface area contributed by atoms with Gasteiger partial charge in [0.1, 0.15) is 0 Å². The van der Waals surface area contributed by atoms with Gasteiger partial charge in [0.15, 0.2) is 0 Å². The van der Waals surface area contributed by atoms with E-state index in [0.717, 1.165) is 10.0 Å². The van der Waals surface area contributed by atoms with Gasteiger partial charge >= 0.3 is 0 Å². The number of benzene rings is 2. The minimum atomic E-state index is -0.571. The Morgan fingerprint density at radius 3 is 2.35 bits per heavy atom. The number of rotatable bonds is 5. The van der Waals surface area contributed by atoms with E-state index in [1.165, 1.54) is 5.56 Å². The standard InChI is InChI=1S/C16H15BrN2O/c17-15-7-3-13(4-8-15)10-19-11-16(20)14-5-1-12(9-18)2-6-14/h1-8,16,19-20H,10-11H2. The summed E-state index contributed by atoms with van der Waals surface area (Å²) in [6.45, 7) is 1.18. The van der Waals surface area contributed by atoms with Gasteiger partial charge in [-0.25, -0.2) is 0 Å². The fraction of sp³-hybridized carbons (Fsp3) is 0.188. The molecule has 2 N–H and O–H groups in total. The van der Waals surface area contributed by atoms with Crippen molar-refractivity contribution in [2.24, 2.45) is 0 Å². The molecule has 0 bridgehead atoms. The molecule has 0 spiro atoms. The summed E-state index contributed by atoms with van der Waals surface area (Å²) in [6, 6.07) is 17.1. The van der Waals surface area contributed by atoms with Gasteiger partial charge < -0.3 is 10.4 Å². The van der Waals surface area contributed by atoms with E-state index in [1.54, 1.807) is 24.3 Å². The normalized spacial score (nSPS) is 11.8. The smallest absolute Gasteiger partial charge is 0.0991 e. The van der Waals surface area contributed by atoms with Crippen LogP contribution >= 0.6 is 15.9 Å². The first-order valence-corrected chi connectivity index (χ1v) is 7.11. The van der Waals surface area contributed by atoms with Gasteiger partial charge in [0.05, 0.1) is 17.7 Å². The summed E-state index contributed by atoms with van der Waals surface area (Å²) in [5.41, 5.74) is 2.58. The minimum Gasteiger partial charge on any atom is -0.387 e. The van der Waals surface area contributed by atoms with Crippen LogP contribution in [0.3, 0.4) is 0 Å². The van der Waals surface area contributed by atoms with E-state index in [1.807, 2.05) is 24.3 Å². The van der Waals surface area contributed by atoms with Gasteiger partial charge in [-0.2, -0.15) is 5.26 Å². The molecule has 1 unspecified atom stereocenters. The quantitative estimate of drug-likeness (QED) is 0.885. The molecule has 0 aromatic heterocycles. The zero-order chi connectivity index (χ0) is 14.4. The maximum absolute atomic E-state index is 10.1. The van der Waals surface area contributed by atoms with Crippen molar-refractivity contribution in [3.05, 3.63) is 69.7 Å². The summed E-state index contributed by atoms with van der Waals surface area (Å²) in [6.07, 6.45) is -0.571. The summed E-state index contributed by atoms with van der Waals surface area (Å²) in [5, 5.41) is 22.0. The number of hydrogen-bond donors (Lipinski definition) is 2. The molecule has 0 saturated carbocycles. The second-order valence-corrected chi connectivity index (χ2v) is 5.42. The third-order valence-electron chi connectivity index (χ3n) is 3.00. The summed E-state index contributed by atoms with van der Waals surface area (Å²) in [5.74, 6) is 0. The number of aliphatic hydroxyl groups is 1. The van der Waals surface area contributed by atoms with Crippen molar-refractivity contribution in [3.8, 4) is 6.07 Å². The molecule has 0 aliphatic carbocycles. The topological polar surface area (TPSA) is 56.0 Å². The number of nitrogens with one attached hydrogen (secondary N) is 1. The Morgan fingerprint density at radius 2 is 1.75 bits per heavy atom. The molecule has 0 amide bonds. The van der Waals surface area contributed by atoms with Crippen LogP contribution in [0.25, 0.3) is 0 Å². The van der Waals surface area contributed by atoms with Gasteiger partial charge in [-0.3, -0.25) is 0 Å². The largest absolute Gasteiger partial charge is 0.387 e. The average molecular weight is 331 g/mol. The van der Waals surface area contributed by atoms with Crippen LogP contribution in [0.1, 0.15) is 22.8 Å². The third-order valence-corrected chi connectivity index (χ3v) is 3.53. The number of nitriles is 1. The molecule has 2 aromatic rings. The first-order chi connectivity index (χ1) is 9.69. The van der Waals surface area contributed by atoms with Crippen molar-refractivity contribution >= 4 is 15.9 Å². The molecule has 0 aliphatic heterocycles. The predicted octanol–water partition coefficient (Wildman–Crippen LogP) is 3.14. The number of halogens is 1. The van der Waals surface area contributed by atoms with E-state index in [-0.39, 0.29) is 0 Å². The first kappa shape index (κ1) is 14.7. The van der Waals surface area contributed by atoms with Crippen molar-refractivity contribution in [2.45, 2.75) is 12.6 Å². The lowest BCUT2D eigenvalue weighted by atomic mass is 10.1. The second kappa shape index (κ2) is 7.20. The molecule has 3 nitrogen and oxygen atoms in total. The first-order valence-electron chi connectivity index (χ1n) is 6.32. The molecule has 2 rings (SSSR count). The van der Waals surface area contributed by atoms with Crippen molar-refractivity contribution in [1.82, 2.24) is 5.32 Å². The molecule has 0 fully saturated rings. The Labute approximate surface area is 127 Å². The number of aliphatic hydroxyl groups excluding tert-OH is 1. The summed E-state index contributed by atoms with van der Waals surface area (Å²) in [4.78, 5) is 0. The van der Waals surface area contributed by atoms with Crippen LogP contribution in [0.2, 0.25) is 0 Å². The van der Waals surface area contributed by atoms with E-state index in [9.17, 15) is 5.11 Å². The van der Waals surface area contributed by atoms with Crippen LogP contribution in [-0.2, 0) is 6.54 Å². The van der Waals surface area contributed by atoms with Crippen LogP contribution in [-0.4, -0.2) is 11.7 Å². The minimum absolute atomic E-state index is 0.474. The van der Waals surface area contributed by atoms with Gasteiger partial charge in [-0.1, -0.05) is 40.2 Å². The number of hydrogen-bond acceptors (Lipinski definition) is 3. The van der Waals surface area contributed by atoms with Crippen LogP contribution < -0.4 is 5.32 Å². The highest BCUT2D eigenvalue weighted by Crippen LogP contribution is 2.13. The molecule has 102 valence electrons. The molecule has 1 atom stereocenters. The highest BCUT2D eigenvalue weighted by Gasteiger charge is 2.06. The van der Waals surface area contributed by atoms with Crippen LogP contribution in [0, 0.1) is 11.3 Å². The SMILES string of the molecule is N#Cc1ccc(C(O)CNCc2ccc(Br)cc2)cc1. The molecule has 0 aliphatic rings. The lowest BCUT2D eigenvalue weighted by molar-refractivity contribution is 0.174. The highest BCUT2D eigenvalue weighted by molar-refractivity contribution is 9.10. The van der Waals surface area contributed by atoms with Gasteiger partial charge in [0.2, 0.25) is 0 Å². The second-order valence-electron chi connectivity index (χ2n) is 4.51. The molecule has 0 radical (unpaired) electrons. The lowest BCUT2D eigenvalue weighted by Gasteiger charge is -2.12. The van der Waals surface area contributed by atoms with E-state index in [0.29, 0.717) is 18.7 Å². The fourth-order valence-corrected chi connectivity index (χ4v) is 2.12. The van der Waals surface area contributed by atoms with Crippen molar-refractivity contribution in [1.29, 1.82) is 5.26 Å². The summed E-state index contributed by atoms with van der Waals surface area (Å²) in [7, 11) is 0. The maximum Gasteiger partial charge on any atom is 0.0991 e. The van der Waals surface area contributed by atoms with Gasteiger partial charge in [-0.05, 0) is 35.4 Å². The van der Waals surface area contributed by atoms with Crippen molar-refractivity contribution < 1.29 is 5.11 Å². The van der Waals surface area contributed by atoms with Gasteiger partial charge in [0.25, 0.3) is 0 Å². The molecule has 0 heterocycles. The zero-order valence-electron chi connectivity index (χ0n) is 10.9. The van der Waals surface area contributed by atoms with Crippen molar-refractivity contribution in [2.75, 3.05) is 6.54 Å². The highest BCUT2D eigenvalue weighted by atomic mass is 79.9. The predicted molar refractivity (Wildman–Crippen MR) is 82.0 cm³/mol. The molecule has 2 aromatic carbocycles. The Hall–Kier alpha value is -1.67. The Morgan fingerprint density at radius 1 is 1.10 bits per heavy atom. The summed E-state index contributed by atoms with van der Waals surface area (Å²) < 4.78 is 1.05.